The molecule has 1 rings (SSSR count). The molecule has 6 nitrogen and oxygen atoms in total. The Hall–Kier alpha value is -1.60. The number of hydrogen-bond donors (Lipinski definition) is 2. The number of hydrogen-bond acceptors (Lipinski definition) is 4. The van der Waals surface area contributed by atoms with Crippen LogP contribution in [0.3, 0.4) is 0 Å². The van der Waals surface area contributed by atoms with Crippen LogP contribution < -0.4 is 10.6 Å². The standard InChI is InChI=1S/C21H38N4O2S/c1-5-22-21(23-16-9-7-6-8-10-18-25(2)3)24-17-15-19-11-13-20(14-12-19)28(4,26)27/h11-14H,5-10,15-18H2,1-4H3,(H2,22,23,24). The van der Waals surface area contributed by atoms with Gasteiger partial charge < -0.3 is 15.5 Å². The second-order valence-electron chi connectivity index (χ2n) is 7.42. The number of aliphatic imine (C=N–C) groups is 1. The molecule has 0 amide bonds. The first-order valence-corrected chi connectivity index (χ1v) is 12.2. The Bertz CT molecular complexity index is 670. The molecule has 2 N–H and O–H groups in total. The lowest BCUT2D eigenvalue weighted by molar-refractivity contribution is 0.390. The number of nitrogens with zero attached hydrogens (tertiary/aromatic N) is 2. The van der Waals surface area contributed by atoms with Crippen LogP contribution in [0.15, 0.2) is 34.2 Å². The lowest BCUT2D eigenvalue weighted by atomic mass is 10.1. The van der Waals surface area contributed by atoms with Gasteiger partial charge in [0, 0.05) is 25.9 Å². The molecule has 0 saturated heterocycles. The monoisotopic (exact) mass is 410 g/mol. The number of nitrogens with one attached hydrogen (secondary N) is 2. The molecule has 0 aliphatic rings. The fraction of sp³-hybridized carbons (Fsp3) is 0.667. The summed E-state index contributed by atoms with van der Waals surface area (Å²) in [6.45, 7) is 5.66. The second kappa shape index (κ2) is 13.6. The molecule has 0 heterocycles. The quantitative estimate of drug-likeness (QED) is 0.297. The Kier molecular flexibility index (Phi) is 11.8. The van der Waals surface area contributed by atoms with Crippen LogP contribution in [0.1, 0.15) is 44.6 Å². The Morgan fingerprint density at radius 1 is 1.00 bits per heavy atom. The van der Waals surface area contributed by atoms with Crippen LogP contribution in [-0.2, 0) is 16.3 Å². The van der Waals surface area contributed by atoms with Crippen molar-refractivity contribution < 1.29 is 8.42 Å². The Morgan fingerprint density at radius 3 is 2.25 bits per heavy atom. The van der Waals surface area contributed by atoms with Crippen molar-refractivity contribution in [2.75, 3.05) is 46.5 Å². The van der Waals surface area contributed by atoms with Crippen molar-refractivity contribution in [3.63, 3.8) is 0 Å². The maximum atomic E-state index is 11.5. The lowest BCUT2D eigenvalue weighted by Gasteiger charge is -2.11. The first-order valence-electron chi connectivity index (χ1n) is 10.3. The highest BCUT2D eigenvalue weighted by atomic mass is 32.2. The van der Waals surface area contributed by atoms with Gasteiger partial charge in [0.2, 0.25) is 0 Å². The first-order chi connectivity index (χ1) is 13.3. The summed E-state index contributed by atoms with van der Waals surface area (Å²) < 4.78 is 23.0. The van der Waals surface area contributed by atoms with Gasteiger partial charge in [-0.25, -0.2) is 8.42 Å². The summed E-state index contributed by atoms with van der Waals surface area (Å²) >= 11 is 0. The summed E-state index contributed by atoms with van der Waals surface area (Å²) in [5, 5.41) is 6.63. The number of guanidine groups is 1. The molecule has 0 bridgehead atoms. The van der Waals surface area contributed by atoms with E-state index in [1.807, 2.05) is 12.1 Å². The van der Waals surface area contributed by atoms with Crippen molar-refractivity contribution in [3.8, 4) is 0 Å². The van der Waals surface area contributed by atoms with Crippen LogP contribution >= 0.6 is 0 Å². The van der Waals surface area contributed by atoms with Gasteiger partial charge in [0.1, 0.15) is 0 Å². The molecule has 160 valence electrons. The van der Waals surface area contributed by atoms with E-state index in [4.69, 9.17) is 0 Å². The summed E-state index contributed by atoms with van der Waals surface area (Å²) in [7, 11) is 1.11. The SMILES string of the molecule is CCNC(=NCCCCCCCN(C)C)NCCc1ccc(S(C)(=O)=O)cc1. The smallest absolute Gasteiger partial charge is 0.191 e. The Morgan fingerprint density at radius 2 is 1.64 bits per heavy atom. The normalized spacial score (nSPS) is 12.4. The summed E-state index contributed by atoms with van der Waals surface area (Å²) in [6.07, 6.45) is 8.22. The van der Waals surface area contributed by atoms with E-state index < -0.39 is 9.84 Å². The van der Waals surface area contributed by atoms with Crippen molar-refractivity contribution in [1.29, 1.82) is 0 Å². The van der Waals surface area contributed by atoms with Crippen molar-refractivity contribution in [1.82, 2.24) is 15.5 Å². The Balaban J connectivity index is 2.29. The molecule has 1 aromatic carbocycles. The van der Waals surface area contributed by atoms with E-state index in [2.05, 4.69) is 41.5 Å². The average Bonchev–Trinajstić information content (AvgIpc) is 2.63. The summed E-state index contributed by atoms with van der Waals surface area (Å²) in [6, 6.07) is 7.09. The van der Waals surface area contributed by atoms with Crippen molar-refractivity contribution in [2.45, 2.75) is 50.3 Å². The minimum atomic E-state index is -3.13. The summed E-state index contributed by atoms with van der Waals surface area (Å²) in [5.74, 6) is 0.850. The van der Waals surface area contributed by atoms with Gasteiger partial charge in [-0.2, -0.15) is 0 Å². The molecular formula is C21H38N4O2S. The molecule has 0 fully saturated rings. The molecular weight excluding hydrogens is 372 g/mol. The van der Waals surface area contributed by atoms with Gasteiger partial charge in [-0.15, -0.1) is 0 Å². The maximum Gasteiger partial charge on any atom is 0.191 e. The zero-order chi connectivity index (χ0) is 20.8. The Labute approximate surface area is 171 Å². The summed E-state index contributed by atoms with van der Waals surface area (Å²) in [4.78, 5) is 7.24. The molecule has 1 aromatic rings. The van der Waals surface area contributed by atoms with Gasteiger partial charge in [-0.05, 0) is 64.5 Å². The van der Waals surface area contributed by atoms with E-state index in [1.165, 1.54) is 38.5 Å². The number of rotatable bonds is 13. The number of sulfone groups is 1. The van der Waals surface area contributed by atoms with Gasteiger partial charge in [-0.3, -0.25) is 4.99 Å². The van der Waals surface area contributed by atoms with E-state index >= 15 is 0 Å². The van der Waals surface area contributed by atoms with Gasteiger partial charge in [0.25, 0.3) is 0 Å². The zero-order valence-electron chi connectivity index (χ0n) is 18.0. The van der Waals surface area contributed by atoms with Gasteiger partial charge in [-0.1, -0.05) is 31.4 Å². The largest absolute Gasteiger partial charge is 0.357 e. The first kappa shape index (κ1) is 24.4. The zero-order valence-corrected chi connectivity index (χ0v) is 18.8. The third kappa shape index (κ3) is 11.3. The van der Waals surface area contributed by atoms with E-state index in [1.54, 1.807) is 12.1 Å². The fourth-order valence-corrected chi connectivity index (χ4v) is 3.46. The predicted molar refractivity (Wildman–Crippen MR) is 119 cm³/mol. The highest BCUT2D eigenvalue weighted by molar-refractivity contribution is 7.90. The van der Waals surface area contributed by atoms with Crippen molar-refractivity contribution >= 4 is 15.8 Å². The number of unbranched alkanes of at least 4 members (excludes halogenated alkanes) is 4. The van der Waals surface area contributed by atoms with Crippen molar-refractivity contribution in [3.05, 3.63) is 29.8 Å². The molecule has 0 aromatic heterocycles. The maximum absolute atomic E-state index is 11.5. The van der Waals surface area contributed by atoms with Crippen LogP contribution in [0.4, 0.5) is 0 Å². The van der Waals surface area contributed by atoms with Gasteiger partial charge in [0.15, 0.2) is 15.8 Å². The molecule has 0 unspecified atom stereocenters. The molecule has 0 atom stereocenters. The topological polar surface area (TPSA) is 73.8 Å². The fourth-order valence-electron chi connectivity index (χ4n) is 2.83. The minimum Gasteiger partial charge on any atom is -0.357 e. The van der Waals surface area contributed by atoms with Crippen LogP contribution in [0.2, 0.25) is 0 Å². The highest BCUT2D eigenvalue weighted by Gasteiger charge is 2.06. The van der Waals surface area contributed by atoms with E-state index in [0.717, 1.165) is 44.0 Å². The molecule has 7 heteroatoms. The van der Waals surface area contributed by atoms with Crippen molar-refractivity contribution in [2.24, 2.45) is 4.99 Å². The summed E-state index contributed by atoms with van der Waals surface area (Å²) in [5.41, 5.74) is 1.11. The van der Waals surface area contributed by atoms with E-state index in [9.17, 15) is 8.42 Å². The van der Waals surface area contributed by atoms with Gasteiger partial charge >= 0.3 is 0 Å². The molecule has 0 aliphatic heterocycles. The van der Waals surface area contributed by atoms with Crippen LogP contribution in [-0.4, -0.2) is 65.8 Å². The molecule has 0 saturated carbocycles. The van der Waals surface area contributed by atoms with Crippen LogP contribution in [0, 0.1) is 0 Å². The molecule has 0 aliphatic carbocycles. The second-order valence-corrected chi connectivity index (χ2v) is 9.44. The highest BCUT2D eigenvalue weighted by Crippen LogP contribution is 2.10. The third-order valence-corrected chi connectivity index (χ3v) is 5.56. The molecule has 0 spiro atoms. The third-order valence-electron chi connectivity index (χ3n) is 4.44. The minimum absolute atomic E-state index is 0.362. The lowest BCUT2D eigenvalue weighted by Crippen LogP contribution is -2.38. The molecule has 28 heavy (non-hydrogen) atoms. The van der Waals surface area contributed by atoms with Gasteiger partial charge in [0.05, 0.1) is 4.90 Å². The van der Waals surface area contributed by atoms with E-state index in [-0.39, 0.29) is 0 Å². The molecule has 0 radical (unpaired) electrons. The van der Waals surface area contributed by atoms with Crippen LogP contribution in [0.25, 0.3) is 0 Å². The predicted octanol–water partition coefficient (Wildman–Crippen LogP) is 2.70. The van der Waals surface area contributed by atoms with E-state index in [0.29, 0.717) is 4.90 Å². The number of benzene rings is 1. The average molecular weight is 411 g/mol. The van der Waals surface area contributed by atoms with Crippen LogP contribution in [0.5, 0.6) is 0 Å².